The molecule has 2 N–H and O–H groups in total. The third kappa shape index (κ3) is 4.62. The molecule has 0 unspecified atom stereocenters. The van der Waals surface area contributed by atoms with E-state index in [0.29, 0.717) is 30.4 Å². The Morgan fingerprint density at radius 2 is 1.64 bits per heavy atom. The summed E-state index contributed by atoms with van der Waals surface area (Å²) in [5.74, 6) is 2.43. The number of carbonyl (C=O) groups excluding carboxylic acids is 1. The van der Waals surface area contributed by atoms with Gasteiger partial charge in [-0.2, -0.15) is 0 Å². The molecule has 1 aliphatic heterocycles. The largest absolute Gasteiger partial charge is 0.486 e. The maximum Gasteiger partial charge on any atom is 0.323 e. The monoisotopic (exact) mass is 442 g/mol. The Balaban J connectivity index is 1.18. The zero-order chi connectivity index (χ0) is 22.6. The molecule has 33 heavy (non-hydrogen) atoms. The molecule has 0 atom stereocenters. The first-order valence-corrected chi connectivity index (χ1v) is 11.2. The molecule has 0 spiro atoms. The molecule has 0 bridgehead atoms. The molecule has 0 saturated heterocycles. The van der Waals surface area contributed by atoms with Crippen molar-refractivity contribution >= 4 is 28.4 Å². The maximum atomic E-state index is 12.4. The van der Waals surface area contributed by atoms with E-state index in [9.17, 15) is 4.79 Å². The lowest BCUT2D eigenvalue weighted by Crippen LogP contribution is -2.20. The summed E-state index contributed by atoms with van der Waals surface area (Å²) in [6.07, 6.45) is 1.74. The highest BCUT2D eigenvalue weighted by Gasteiger charge is 2.13. The van der Waals surface area contributed by atoms with Gasteiger partial charge in [-0.3, -0.25) is 0 Å². The third-order valence-electron chi connectivity index (χ3n) is 5.70. The Hall–Kier alpha value is -4.00. The number of aromatic nitrogens is 2. The van der Waals surface area contributed by atoms with Gasteiger partial charge in [0, 0.05) is 30.4 Å². The van der Waals surface area contributed by atoms with E-state index in [1.165, 1.54) is 11.1 Å². The second-order valence-electron chi connectivity index (χ2n) is 7.90. The lowest BCUT2D eigenvalue weighted by molar-refractivity contribution is 0.171. The van der Waals surface area contributed by atoms with Gasteiger partial charge in [0.25, 0.3) is 0 Å². The topological polar surface area (TPSA) is 77.4 Å². The van der Waals surface area contributed by atoms with Crippen molar-refractivity contribution in [3.05, 3.63) is 78.1 Å². The fraction of sp³-hybridized carbons (Fsp3) is 0.231. The van der Waals surface area contributed by atoms with Crippen molar-refractivity contribution in [3.63, 3.8) is 0 Å². The number of aryl methyl sites for hydroxylation is 3. The molecule has 0 fully saturated rings. The van der Waals surface area contributed by atoms with Gasteiger partial charge in [-0.25, -0.2) is 9.78 Å². The lowest BCUT2D eigenvalue weighted by atomic mass is 10.1. The van der Waals surface area contributed by atoms with Crippen molar-refractivity contribution in [2.24, 2.45) is 0 Å². The molecule has 0 aliphatic carbocycles. The SMILES string of the molecule is CCn1c(CCc2ccc(NC(=O)Nc3ccc4c(c3)OCCO4)cc2)nc2ccccc21. The van der Waals surface area contributed by atoms with Crippen LogP contribution in [0.3, 0.4) is 0 Å². The van der Waals surface area contributed by atoms with E-state index in [1.807, 2.05) is 30.3 Å². The standard InChI is InChI=1S/C26H26N4O3/c1-2-30-22-6-4-3-5-21(22)29-25(30)14-9-18-7-10-19(11-8-18)27-26(31)28-20-12-13-23-24(17-20)33-16-15-32-23/h3-8,10-13,17H,2,9,14-16H2,1H3,(H2,27,28,31). The third-order valence-corrected chi connectivity index (χ3v) is 5.70. The van der Waals surface area contributed by atoms with Gasteiger partial charge in [0.2, 0.25) is 0 Å². The van der Waals surface area contributed by atoms with Crippen LogP contribution >= 0.6 is 0 Å². The van der Waals surface area contributed by atoms with Crippen LogP contribution < -0.4 is 20.1 Å². The summed E-state index contributed by atoms with van der Waals surface area (Å²) in [6.45, 7) is 4.09. The molecule has 7 heteroatoms. The summed E-state index contributed by atoms with van der Waals surface area (Å²) < 4.78 is 13.3. The Bertz CT molecular complexity index is 1280. The van der Waals surface area contributed by atoms with Gasteiger partial charge >= 0.3 is 6.03 Å². The van der Waals surface area contributed by atoms with E-state index in [4.69, 9.17) is 14.5 Å². The minimum absolute atomic E-state index is 0.309. The van der Waals surface area contributed by atoms with Crippen LogP contribution in [0.2, 0.25) is 0 Å². The second kappa shape index (κ2) is 9.24. The average Bonchev–Trinajstić information content (AvgIpc) is 3.21. The Morgan fingerprint density at radius 3 is 2.45 bits per heavy atom. The average molecular weight is 443 g/mol. The van der Waals surface area contributed by atoms with Crippen molar-refractivity contribution in [3.8, 4) is 11.5 Å². The fourth-order valence-electron chi connectivity index (χ4n) is 4.09. The number of imidazole rings is 1. The fourth-order valence-corrected chi connectivity index (χ4v) is 4.09. The number of urea groups is 1. The number of para-hydroxylation sites is 2. The van der Waals surface area contributed by atoms with Gasteiger partial charge in [-0.15, -0.1) is 0 Å². The zero-order valence-corrected chi connectivity index (χ0v) is 18.5. The van der Waals surface area contributed by atoms with Crippen molar-refractivity contribution in [1.29, 1.82) is 0 Å². The van der Waals surface area contributed by atoms with Gasteiger partial charge in [0.15, 0.2) is 11.5 Å². The number of amides is 2. The smallest absolute Gasteiger partial charge is 0.323 e. The van der Waals surface area contributed by atoms with Gasteiger partial charge < -0.3 is 24.7 Å². The molecule has 0 saturated carbocycles. The van der Waals surface area contributed by atoms with Crippen LogP contribution in [0.5, 0.6) is 11.5 Å². The van der Waals surface area contributed by atoms with E-state index in [1.54, 1.807) is 18.2 Å². The number of hydrogen-bond donors (Lipinski definition) is 2. The molecular formula is C26H26N4O3. The van der Waals surface area contributed by atoms with Gasteiger partial charge in [0.05, 0.1) is 11.0 Å². The van der Waals surface area contributed by atoms with E-state index >= 15 is 0 Å². The molecule has 2 amide bonds. The number of rotatable bonds is 6. The number of fused-ring (bicyclic) bond motifs is 2. The van der Waals surface area contributed by atoms with Crippen molar-refractivity contribution in [2.75, 3.05) is 23.8 Å². The van der Waals surface area contributed by atoms with Crippen molar-refractivity contribution < 1.29 is 14.3 Å². The van der Waals surface area contributed by atoms with Crippen LogP contribution in [0.4, 0.5) is 16.2 Å². The van der Waals surface area contributed by atoms with Crippen LogP contribution in [0.1, 0.15) is 18.3 Å². The summed E-state index contributed by atoms with van der Waals surface area (Å²) >= 11 is 0. The highest BCUT2D eigenvalue weighted by atomic mass is 16.6. The maximum absolute atomic E-state index is 12.4. The van der Waals surface area contributed by atoms with Crippen molar-refractivity contribution in [2.45, 2.75) is 26.3 Å². The highest BCUT2D eigenvalue weighted by Crippen LogP contribution is 2.32. The van der Waals surface area contributed by atoms with Crippen LogP contribution in [0.15, 0.2) is 66.7 Å². The van der Waals surface area contributed by atoms with Crippen molar-refractivity contribution in [1.82, 2.24) is 9.55 Å². The number of carbonyl (C=O) groups is 1. The number of nitrogens with one attached hydrogen (secondary N) is 2. The van der Waals surface area contributed by atoms with Crippen LogP contribution in [0.25, 0.3) is 11.0 Å². The second-order valence-corrected chi connectivity index (χ2v) is 7.90. The molecule has 168 valence electrons. The van der Waals surface area contributed by atoms with Gasteiger partial charge in [-0.1, -0.05) is 24.3 Å². The molecule has 2 heterocycles. The van der Waals surface area contributed by atoms with Crippen LogP contribution in [-0.4, -0.2) is 28.8 Å². The number of hydrogen-bond acceptors (Lipinski definition) is 4. The first-order chi connectivity index (χ1) is 16.2. The Kier molecular flexibility index (Phi) is 5.85. The summed E-state index contributed by atoms with van der Waals surface area (Å²) in [6, 6.07) is 21.2. The van der Waals surface area contributed by atoms with Gasteiger partial charge in [0.1, 0.15) is 19.0 Å². The predicted octanol–water partition coefficient (Wildman–Crippen LogP) is 5.26. The Labute approximate surface area is 192 Å². The van der Waals surface area contributed by atoms with Gasteiger partial charge in [-0.05, 0) is 55.3 Å². The zero-order valence-electron chi connectivity index (χ0n) is 18.5. The van der Waals surface area contributed by atoms with E-state index in [2.05, 4.69) is 40.3 Å². The van der Waals surface area contributed by atoms with E-state index in [0.717, 1.165) is 36.4 Å². The Morgan fingerprint density at radius 1 is 0.909 bits per heavy atom. The number of benzene rings is 3. The van der Waals surface area contributed by atoms with Crippen LogP contribution in [-0.2, 0) is 19.4 Å². The summed E-state index contributed by atoms with van der Waals surface area (Å²) in [7, 11) is 0. The lowest BCUT2D eigenvalue weighted by Gasteiger charge is -2.19. The first kappa shape index (κ1) is 20.9. The summed E-state index contributed by atoms with van der Waals surface area (Å²) in [5, 5.41) is 5.70. The van der Waals surface area contributed by atoms with E-state index < -0.39 is 0 Å². The first-order valence-electron chi connectivity index (χ1n) is 11.2. The normalized spacial score (nSPS) is 12.5. The van der Waals surface area contributed by atoms with E-state index in [-0.39, 0.29) is 6.03 Å². The molecule has 4 aromatic rings. The number of ether oxygens (including phenoxy) is 2. The molecule has 0 radical (unpaired) electrons. The molecule has 7 nitrogen and oxygen atoms in total. The summed E-state index contributed by atoms with van der Waals surface area (Å²) in [5.41, 5.74) is 4.79. The highest BCUT2D eigenvalue weighted by molar-refractivity contribution is 5.99. The quantitative estimate of drug-likeness (QED) is 0.427. The molecule has 3 aromatic carbocycles. The minimum atomic E-state index is -0.309. The number of nitrogens with zero attached hydrogens (tertiary/aromatic N) is 2. The molecule has 1 aromatic heterocycles. The predicted molar refractivity (Wildman–Crippen MR) is 129 cm³/mol. The van der Waals surface area contributed by atoms with Crippen LogP contribution in [0, 0.1) is 0 Å². The molecule has 5 rings (SSSR count). The minimum Gasteiger partial charge on any atom is -0.486 e. The molecular weight excluding hydrogens is 416 g/mol. The number of anilines is 2. The summed E-state index contributed by atoms with van der Waals surface area (Å²) in [4.78, 5) is 17.2. The molecule has 1 aliphatic rings.